The number of benzene rings is 1. The standard InChI is InChI=1S/C21H24FN3O4/c1-12-9-13(5-6-15(12)22)23-19(27)14-10-16(25-7-8-29-11-17(14)25)18(26)20(28)24-21(2,3)4/h5-6,9-10H,7-8,11H2,1-4H3,(H,23,27)(H,24,28). The van der Waals surface area contributed by atoms with E-state index in [2.05, 4.69) is 10.6 Å². The molecule has 2 heterocycles. The number of ether oxygens (including phenoxy) is 1. The van der Waals surface area contributed by atoms with E-state index < -0.39 is 23.1 Å². The molecule has 154 valence electrons. The fraction of sp³-hybridized carbons (Fsp3) is 0.381. The molecule has 0 radical (unpaired) electrons. The maximum absolute atomic E-state index is 13.5. The van der Waals surface area contributed by atoms with Crippen LogP contribution in [0, 0.1) is 12.7 Å². The highest BCUT2D eigenvalue weighted by atomic mass is 19.1. The summed E-state index contributed by atoms with van der Waals surface area (Å²) in [4.78, 5) is 37.9. The Morgan fingerprint density at radius 3 is 2.55 bits per heavy atom. The zero-order valence-corrected chi connectivity index (χ0v) is 16.9. The van der Waals surface area contributed by atoms with Crippen LogP contribution in [0.15, 0.2) is 24.3 Å². The van der Waals surface area contributed by atoms with E-state index in [1.807, 2.05) is 0 Å². The lowest BCUT2D eigenvalue weighted by molar-refractivity contribution is -0.118. The maximum atomic E-state index is 13.5. The van der Waals surface area contributed by atoms with Gasteiger partial charge in [-0.15, -0.1) is 0 Å². The van der Waals surface area contributed by atoms with Crippen LogP contribution >= 0.6 is 0 Å². The summed E-state index contributed by atoms with van der Waals surface area (Å²) in [7, 11) is 0. The van der Waals surface area contributed by atoms with E-state index in [1.54, 1.807) is 32.3 Å². The van der Waals surface area contributed by atoms with Crippen LogP contribution in [0.2, 0.25) is 0 Å². The molecule has 0 atom stereocenters. The molecule has 1 aliphatic rings. The average Bonchev–Trinajstić information content (AvgIpc) is 3.02. The van der Waals surface area contributed by atoms with Gasteiger partial charge in [-0.3, -0.25) is 14.4 Å². The van der Waals surface area contributed by atoms with E-state index in [1.165, 1.54) is 24.3 Å². The number of carbonyl (C=O) groups is 3. The summed E-state index contributed by atoms with van der Waals surface area (Å²) in [5.41, 5.74) is 1.20. The van der Waals surface area contributed by atoms with E-state index >= 15 is 0 Å². The van der Waals surface area contributed by atoms with Gasteiger partial charge in [0.2, 0.25) is 0 Å². The van der Waals surface area contributed by atoms with Crippen LogP contribution in [0.4, 0.5) is 10.1 Å². The first-order valence-electron chi connectivity index (χ1n) is 9.31. The predicted octanol–water partition coefficient (Wildman–Crippen LogP) is 2.82. The van der Waals surface area contributed by atoms with Crippen LogP contribution in [-0.2, 0) is 22.7 Å². The van der Waals surface area contributed by atoms with E-state index in [9.17, 15) is 18.8 Å². The van der Waals surface area contributed by atoms with E-state index in [4.69, 9.17) is 4.74 Å². The van der Waals surface area contributed by atoms with Crippen LogP contribution < -0.4 is 10.6 Å². The van der Waals surface area contributed by atoms with Gasteiger partial charge in [0, 0.05) is 17.8 Å². The van der Waals surface area contributed by atoms with Crippen molar-refractivity contribution in [2.45, 2.75) is 46.4 Å². The normalized spacial score (nSPS) is 13.6. The Labute approximate surface area is 168 Å². The number of halogens is 1. The number of nitrogens with zero attached hydrogens (tertiary/aromatic N) is 1. The molecule has 0 saturated carbocycles. The maximum Gasteiger partial charge on any atom is 0.294 e. The molecule has 0 fully saturated rings. The summed E-state index contributed by atoms with van der Waals surface area (Å²) in [6.07, 6.45) is 0. The van der Waals surface area contributed by atoms with Crippen LogP contribution in [0.25, 0.3) is 0 Å². The third kappa shape index (κ3) is 4.54. The summed E-state index contributed by atoms with van der Waals surface area (Å²) < 4.78 is 20.6. The molecule has 0 unspecified atom stereocenters. The minimum Gasteiger partial charge on any atom is -0.373 e. The Bertz CT molecular complexity index is 989. The first kappa shape index (κ1) is 20.7. The molecule has 0 saturated heterocycles. The molecule has 2 N–H and O–H groups in total. The topological polar surface area (TPSA) is 89.4 Å². The summed E-state index contributed by atoms with van der Waals surface area (Å²) in [5, 5.41) is 5.35. The number of nitrogens with one attached hydrogen (secondary N) is 2. The van der Waals surface area contributed by atoms with Crippen LogP contribution in [0.5, 0.6) is 0 Å². The Hall–Kier alpha value is -3.00. The van der Waals surface area contributed by atoms with E-state index in [0.717, 1.165) is 0 Å². The lowest BCUT2D eigenvalue weighted by Crippen LogP contribution is -2.44. The Kier molecular flexibility index (Phi) is 5.57. The van der Waals surface area contributed by atoms with Gasteiger partial charge in [0.15, 0.2) is 0 Å². The van der Waals surface area contributed by atoms with Crippen molar-refractivity contribution >= 4 is 23.3 Å². The number of Topliss-reactive ketones (excluding diaryl/α,β-unsaturated/α-hetero) is 1. The molecule has 29 heavy (non-hydrogen) atoms. The molecular weight excluding hydrogens is 377 g/mol. The summed E-state index contributed by atoms with van der Waals surface area (Å²) >= 11 is 0. The van der Waals surface area contributed by atoms with Crippen molar-refractivity contribution in [3.63, 3.8) is 0 Å². The molecule has 1 aliphatic heterocycles. The SMILES string of the molecule is Cc1cc(NC(=O)c2cc(C(=O)C(=O)NC(C)(C)C)n3c2COCC3)ccc1F. The Morgan fingerprint density at radius 2 is 1.90 bits per heavy atom. The molecule has 7 nitrogen and oxygen atoms in total. The number of anilines is 1. The van der Waals surface area contributed by atoms with Crippen molar-refractivity contribution in [2.75, 3.05) is 11.9 Å². The molecule has 3 rings (SSSR count). The lowest BCUT2D eigenvalue weighted by atomic mass is 10.1. The van der Waals surface area contributed by atoms with Crippen molar-refractivity contribution in [3.8, 4) is 0 Å². The number of aromatic nitrogens is 1. The van der Waals surface area contributed by atoms with Crippen molar-refractivity contribution in [2.24, 2.45) is 0 Å². The van der Waals surface area contributed by atoms with Gasteiger partial charge in [-0.2, -0.15) is 0 Å². The van der Waals surface area contributed by atoms with Gasteiger partial charge in [-0.05, 0) is 57.5 Å². The predicted molar refractivity (Wildman–Crippen MR) is 105 cm³/mol. The van der Waals surface area contributed by atoms with Crippen LogP contribution in [-0.4, -0.2) is 34.3 Å². The molecule has 0 aliphatic carbocycles. The largest absolute Gasteiger partial charge is 0.373 e. The van der Waals surface area contributed by atoms with Gasteiger partial charge in [-0.1, -0.05) is 0 Å². The molecule has 0 bridgehead atoms. The molecular formula is C21H24FN3O4. The van der Waals surface area contributed by atoms with Gasteiger partial charge in [-0.25, -0.2) is 4.39 Å². The van der Waals surface area contributed by atoms with Crippen molar-refractivity contribution in [3.05, 3.63) is 52.6 Å². The first-order chi connectivity index (χ1) is 13.6. The second kappa shape index (κ2) is 7.79. The highest BCUT2D eigenvalue weighted by Gasteiger charge is 2.30. The zero-order valence-electron chi connectivity index (χ0n) is 16.9. The number of ketones is 1. The fourth-order valence-electron chi connectivity index (χ4n) is 3.14. The quantitative estimate of drug-likeness (QED) is 0.609. The molecule has 0 spiro atoms. The zero-order chi connectivity index (χ0) is 21.3. The second-order valence-corrected chi connectivity index (χ2v) is 8.05. The third-order valence-corrected chi connectivity index (χ3v) is 4.49. The molecule has 2 aromatic rings. The smallest absolute Gasteiger partial charge is 0.294 e. The van der Waals surface area contributed by atoms with E-state index in [0.29, 0.717) is 30.1 Å². The Balaban J connectivity index is 1.91. The number of rotatable bonds is 4. The molecule has 8 heteroatoms. The number of aryl methyl sites for hydroxylation is 1. The number of fused-ring (bicyclic) bond motifs is 1. The molecule has 1 aromatic carbocycles. The highest BCUT2D eigenvalue weighted by molar-refractivity contribution is 6.42. The molecule has 2 amide bonds. The van der Waals surface area contributed by atoms with E-state index in [-0.39, 0.29) is 23.7 Å². The first-order valence-corrected chi connectivity index (χ1v) is 9.31. The van der Waals surface area contributed by atoms with Crippen molar-refractivity contribution in [1.82, 2.24) is 9.88 Å². The average molecular weight is 401 g/mol. The van der Waals surface area contributed by atoms with Crippen molar-refractivity contribution < 1.29 is 23.5 Å². The van der Waals surface area contributed by atoms with Crippen molar-refractivity contribution in [1.29, 1.82) is 0 Å². The molecule has 1 aromatic heterocycles. The number of amides is 2. The third-order valence-electron chi connectivity index (χ3n) is 4.49. The Morgan fingerprint density at radius 1 is 1.17 bits per heavy atom. The van der Waals surface area contributed by atoms with Crippen LogP contribution in [0.1, 0.15) is 52.9 Å². The van der Waals surface area contributed by atoms with Gasteiger partial charge in [0.1, 0.15) is 5.82 Å². The van der Waals surface area contributed by atoms with Crippen LogP contribution in [0.3, 0.4) is 0 Å². The van der Waals surface area contributed by atoms with Gasteiger partial charge < -0.3 is 19.9 Å². The van der Waals surface area contributed by atoms with Gasteiger partial charge >= 0.3 is 0 Å². The summed E-state index contributed by atoms with van der Waals surface area (Å²) in [6.45, 7) is 7.84. The minimum absolute atomic E-state index is 0.144. The number of hydrogen-bond donors (Lipinski definition) is 2. The van der Waals surface area contributed by atoms with Gasteiger partial charge in [0.25, 0.3) is 17.6 Å². The van der Waals surface area contributed by atoms with Gasteiger partial charge in [0.05, 0.1) is 30.2 Å². The number of hydrogen-bond acceptors (Lipinski definition) is 4. The minimum atomic E-state index is -0.731. The fourth-order valence-corrected chi connectivity index (χ4v) is 3.14. The second-order valence-electron chi connectivity index (χ2n) is 8.05. The lowest BCUT2D eigenvalue weighted by Gasteiger charge is -2.21. The number of carbonyl (C=O) groups excluding carboxylic acids is 3. The monoisotopic (exact) mass is 401 g/mol. The summed E-state index contributed by atoms with van der Waals surface area (Å²) in [6, 6.07) is 5.67. The highest BCUT2D eigenvalue weighted by Crippen LogP contribution is 2.23. The summed E-state index contributed by atoms with van der Waals surface area (Å²) in [5.74, 6) is -2.26.